The van der Waals surface area contributed by atoms with Crippen molar-refractivity contribution in [3.8, 4) is 11.6 Å². The molecular weight excluding hydrogens is 570 g/mol. The molecule has 192 valence electrons. The van der Waals surface area contributed by atoms with Gasteiger partial charge in [-0.05, 0) is 74.5 Å². The fraction of sp³-hybridized carbons (Fsp3) is 0.0870. The summed E-state index contributed by atoms with van der Waals surface area (Å²) in [6.07, 6.45) is 4.53. The number of amides is 1. The van der Waals surface area contributed by atoms with E-state index in [1.165, 1.54) is 47.2 Å². The Morgan fingerprint density at radius 3 is 1.82 bits per heavy atom. The van der Waals surface area contributed by atoms with Crippen molar-refractivity contribution in [1.29, 1.82) is 0 Å². The molecule has 0 aliphatic carbocycles. The van der Waals surface area contributed by atoms with Gasteiger partial charge in [0.1, 0.15) is 20.2 Å². The zero-order valence-electron chi connectivity index (χ0n) is 21.3. The molecule has 0 fully saturated rings. The number of hydrazone groups is 1. The van der Waals surface area contributed by atoms with Gasteiger partial charge in [-0.3, -0.25) is 4.79 Å². The predicted molar refractivity (Wildman–Crippen MR) is 130 cm³/mol. The first-order chi connectivity index (χ1) is 17.3. The van der Waals surface area contributed by atoms with Gasteiger partial charge in [0.25, 0.3) is 5.91 Å². The number of benzene rings is 2. The molecule has 1 amide bonds. The van der Waals surface area contributed by atoms with Crippen molar-refractivity contribution in [3.63, 3.8) is 0 Å². The average molecular weight is 589 g/mol. The first-order valence-electron chi connectivity index (χ1n) is 10.5. The maximum Gasteiger partial charge on any atom is 1.00 e. The van der Waals surface area contributed by atoms with Gasteiger partial charge in [-0.2, -0.15) is 15.2 Å². The summed E-state index contributed by atoms with van der Waals surface area (Å²) in [6.45, 7) is 3.25. The number of aromatic nitrogens is 2. The van der Waals surface area contributed by atoms with E-state index in [2.05, 4.69) is 10.2 Å². The summed E-state index contributed by atoms with van der Waals surface area (Å²) in [7, 11) is -9.23. The Morgan fingerprint density at radius 1 is 0.846 bits per heavy atom. The number of hydrogen-bond donors (Lipinski definition) is 1. The smallest absolute Gasteiger partial charge is 0.744 e. The topological polar surface area (TPSA) is 185 Å². The number of nitrogens with zero attached hydrogens (tertiary/aromatic N) is 4. The molecular formula is C23H18N4Na2O8S2. The van der Waals surface area contributed by atoms with Crippen LogP contribution in [0.25, 0.3) is 11.8 Å². The summed E-state index contributed by atoms with van der Waals surface area (Å²) >= 11 is 0. The minimum absolute atomic E-state index is 0. The molecule has 0 saturated heterocycles. The molecule has 39 heavy (non-hydrogen) atoms. The molecule has 4 rings (SSSR count). The third-order valence-electron chi connectivity index (χ3n) is 5.41. The third kappa shape index (κ3) is 7.16. The Labute approximate surface area is 268 Å². The van der Waals surface area contributed by atoms with Gasteiger partial charge in [-0.25, -0.2) is 21.5 Å². The molecule has 1 aromatic heterocycles. The van der Waals surface area contributed by atoms with Crippen LogP contribution < -0.4 is 64.1 Å². The summed E-state index contributed by atoms with van der Waals surface area (Å²) in [4.78, 5) is 12.0. The number of allylic oxidation sites excluding steroid dienone is 2. The molecule has 16 heteroatoms. The van der Waals surface area contributed by atoms with Gasteiger partial charge in [0.15, 0.2) is 0 Å². The standard InChI is InChI=1S/C23H20N4O8S2.2Na/c1-14-20(22(28)26(24-14)16-6-10-18(11-7-16)36(30,31)32)4-3-5-21-15(2)25-27(23(21)29)17-8-12-19(13-9-17)37(33,34)35;;/h3-13,28H,1-2H3,(H,30,31,32)(H,33,34,35);;/q;2*+1/p-2. The fourth-order valence-corrected chi connectivity index (χ4v) is 4.47. The van der Waals surface area contributed by atoms with Crippen LogP contribution in [0.5, 0.6) is 5.88 Å². The molecule has 3 aromatic rings. The molecule has 12 nitrogen and oxygen atoms in total. The normalized spacial score (nSPS) is 14.9. The van der Waals surface area contributed by atoms with Gasteiger partial charge in [-0.1, -0.05) is 6.08 Å². The van der Waals surface area contributed by atoms with E-state index in [0.29, 0.717) is 22.7 Å². The molecule has 0 saturated carbocycles. The summed E-state index contributed by atoms with van der Waals surface area (Å²) in [6, 6.07) is 9.66. The molecule has 0 bridgehead atoms. The van der Waals surface area contributed by atoms with Gasteiger partial charge in [0.05, 0.1) is 43.7 Å². The number of aromatic hydroxyl groups is 1. The Hall–Kier alpha value is -2.11. The zero-order chi connectivity index (χ0) is 27.1. The molecule has 1 aliphatic heterocycles. The minimum atomic E-state index is -4.62. The van der Waals surface area contributed by atoms with E-state index >= 15 is 0 Å². The maximum atomic E-state index is 12.9. The summed E-state index contributed by atoms with van der Waals surface area (Å²) in [5.41, 5.74) is 2.01. The molecule has 2 heterocycles. The van der Waals surface area contributed by atoms with E-state index in [1.54, 1.807) is 13.8 Å². The van der Waals surface area contributed by atoms with E-state index in [4.69, 9.17) is 0 Å². The van der Waals surface area contributed by atoms with Crippen LogP contribution in [-0.2, 0) is 25.0 Å². The van der Waals surface area contributed by atoms with Crippen LogP contribution in [0.4, 0.5) is 5.69 Å². The summed E-state index contributed by atoms with van der Waals surface area (Å²) in [5.74, 6) is -0.729. The van der Waals surface area contributed by atoms with E-state index in [-0.39, 0.29) is 76.3 Å². The molecule has 0 spiro atoms. The minimum Gasteiger partial charge on any atom is -0.744 e. The van der Waals surface area contributed by atoms with Crippen LogP contribution in [0.2, 0.25) is 0 Å². The Bertz CT molecular complexity index is 1710. The van der Waals surface area contributed by atoms with Gasteiger partial charge in [0, 0.05) is 0 Å². The van der Waals surface area contributed by atoms with Crippen molar-refractivity contribution in [2.24, 2.45) is 5.10 Å². The fourth-order valence-electron chi connectivity index (χ4n) is 3.54. The Kier molecular flexibility index (Phi) is 10.7. The molecule has 0 radical (unpaired) electrons. The van der Waals surface area contributed by atoms with Crippen LogP contribution in [-0.4, -0.2) is 52.4 Å². The van der Waals surface area contributed by atoms with Crippen LogP contribution >= 0.6 is 0 Å². The predicted octanol–water partition coefficient (Wildman–Crippen LogP) is -3.94. The maximum absolute atomic E-state index is 12.9. The number of carbonyl (C=O) groups is 1. The largest absolute Gasteiger partial charge is 1.00 e. The molecule has 2 aromatic carbocycles. The van der Waals surface area contributed by atoms with Crippen LogP contribution in [0.3, 0.4) is 0 Å². The van der Waals surface area contributed by atoms with Crippen molar-refractivity contribution in [2.75, 3.05) is 5.01 Å². The molecule has 1 N–H and O–H groups in total. The second kappa shape index (κ2) is 12.6. The monoisotopic (exact) mass is 588 g/mol. The van der Waals surface area contributed by atoms with Crippen molar-refractivity contribution in [2.45, 2.75) is 23.6 Å². The number of rotatable bonds is 6. The van der Waals surface area contributed by atoms with Gasteiger partial charge in [0.2, 0.25) is 5.88 Å². The van der Waals surface area contributed by atoms with Gasteiger partial charge < -0.3 is 14.2 Å². The average Bonchev–Trinajstić information content (AvgIpc) is 3.28. The number of anilines is 1. The summed E-state index contributed by atoms with van der Waals surface area (Å²) < 4.78 is 67.9. The van der Waals surface area contributed by atoms with Crippen molar-refractivity contribution >= 4 is 43.6 Å². The van der Waals surface area contributed by atoms with E-state index in [9.17, 15) is 35.8 Å². The molecule has 0 unspecified atom stereocenters. The number of carbonyl (C=O) groups excluding carboxylic acids is 1. The van der Waals surface area contributed by atoms with Crippen molar-refractivity contribution in [1.82, 2.24) is 9.78 Å². The van der Waals surface area contributed by atoms with Crippen molar-refractivity contribution in [3.05, 3.63) is 77.5 Å². The zero-order valence-corrected chi connectivity index (χ0v) is 26.9. The second-order valence-electron chi connectivity index (χ2n) is 7.87. The van der Waals surface area contributed by atoms with Crippen molar-refractivity contribution < 1.29 is 95.0 Å². The molecule has 0 atom stereocenters. The SMILES string of the molecule is CC1=NN(c2ccc(S(=O)(=O)[O-])cc2)C(=O)C1=CC=Cc1c(C)nn(-c2ccc(S(=O)(=O)[O-])cc2)c1O.[Na+].[Na+]. The Morgan fingerprint density at radius 2 is 1.33 bits per heavy atom. The Balaban J connectivity index is 0.00000267. The third-order valence-corrected chi connectivity index (χ3v) is 7.11. The van der Waals surface area contributed by atoms with Gasteiger partial charge >= 0.3 is 59.1 Å². The summed E-state index contributed by atoms with van der Waals surface area (Å²) in [5, 5.41) is 20.1. The van der Waals surface area contributed by atoms with Gasteiger partial charge in [-0.15, -0.1) is 0 Å². The first-order valence-corrected chi connectivity index (χ1v) is 13.3. The van der Waals surface area contributed by atoms with Crippen LogP contribution in [0.1, 0.15) is 18.2 Å². The first kappa shape index (κ1) is 33.1. The molecule has 1 aliphatic rings. The van der Waals surface area contributed by atoms with E-state index in [1.807, 2.05) is 0 Å². The van der Waals surface area contributed by atoms with Crippen LogP contribution in [0.15, 0.2) is 81.1 Å². The van der Waals surface area contributed by atoms with E-state index < -0.39 is 35.9 Å². The number of hydrogen-bond acceptors (Lipinski definition) is 10. The van der Waals surface area contributed by atoms with Crippen LogP contribution in [0, 0.1) is 6.92 Å². The second-order valence-corrected chi connectivity index (χ2v) is 10.6. The quantitative estimate of drug-likeness (QED) is 0.171. The van der Waals surface area contributed by atoms with E-state index in [0.717, 1.165) is 29.3 Å². The number of aryl methyl sites for hydroxylation is 1.